The molecule has 0 heterocycles. The van der Waals surface area contributed by atoms with E-state index in [2.05, 4.69) is 0 Å². The molecule has 0 aliphatic heterocycles. The summed E-state index contributed by atoms with van der Waals surface area (Å²) in [5.41, 5.74) is -6.78. The summed E-state index contributed by atoms with van der Waals surface area (Å²) < 4.78 is 76.1. The Kier molecular flexibility index (Phi) is 4.19. The Hall–Kier alpha value is -2.28. The van der Waals surface area contributed by atoms with E-state index in [1.807, 2.05) is 0 Å². The van der Waals surface area contributed by atoms with Crippen LogP contribution >= 0.6 is 0 Å². The van der Waals surface area contributed by atoms with Gasteiger partial charge in [-0.25, -0.2) is 4.79 Å². The molecular formula is C11H5F6NO3. The van der Waals surface area contributed by atoms with Crippen LogP contribution in [-0.4, -0.2) is 16.2 Å². The highest BCUT2D eigenvalue weighted by Gasteiger charge is 2.43. The molecule has 1 atom stereocenters. The second-order valence-corrected chi connectivity index (χ2v) is 3.80. The Morgan fingerprint density at radius 3 is 1.86 bits per heavy atom. The Morgan fingerprint density at radius 1 is 1.10 bits per heavy atom. The minimum Gasteiger partial charge on any atom is -0.479 e. The highest BCUT2D eigenvalue weighted by Crippen LogP contribution is 2.41. The van der Waals surface area contributed by atoms with E-state index in [0.717, 1.165) is 6.07 Å². The van der Waals surface area contributed by atoms with Gasteiger partial charge in [-0.3, -0.25) is 0 Å². The van der Waals surface area contributed by atoms with E-state index in [0.29, 0.717) is 0 Å². The number of benzene rings is 1. The largest absolute Gasteiger partial charge is 0.479 e. The van der Waals surface area contributed by atoms with Gasteiger partial charge >= 0.3 is 18.3 Å². The molecule has 114 valence electrons. The average Bonchev–Trinajstić information content (AvgIpc) is 2.33. The molecule has 2 N–H and O–H groups in total. The molecule has 0 bridgehead atoms. The fourth-order valence-electron chi connectivity index (χ4n) is 1.63. The van der Waals surface area contributed by atoms with Crippen molar-refractivity contribution in [1.29, 1.82) is 5.26 Å². The number of alkyl halides is 6. The summed E-state index contributed by atoms with van der Waals surface area (Å²) in [7, 11) is 0. The summed E-state index contributed by atoms with van der Waals surface area (Å²) in [4.78, 5) is 10.6. The molecule has 21 heavy (non-hydrogen) atoms. The van der Waals surface area contributed by atoms with E-state index in [-0.39, 0.29) is 12.1 Å². The third kappa shape index (κ3) is 3.25. The molecule has 1 aromatic rings. The van der Waals surface area contributed by atoms with Crippen molar-refractivity contribution in [2.45, 2.75) is 18.5 Å². The molecule has 0 radical (unpaired) electrons. The third-order valence-corrected chi connectivity index (χ3v) is 2.48. The highest BCUT2D eigenvalue weighted by molar-refractivity contribution is 5.76. The number of halogens is 6. The van der Waals surface area contributed by atoms with E-state index >= 15 is 0 Å². The maximum absolute atomic E-state index is 12.7. The van der Waals surface area contributed by atoms with E-state index in [4.69, 9.17) is 10.4 Å². The van der Waals surface area contributed by atoms with Crippen LogP contribution in [0.25, 0.3) is 0 Å². The minimum atomic E-state index is -5.23. The lowest BCUT2D eigenvalue weighted by Gasteiger charge is -2.19. The smallest absolute Gasteiger partial charge is 0.417 e. The van der Waals surface area contributed by atoms with Crippen LogP contribution in [0.3, 0.4) is 0 Å². The molecule has 4 nitrogen and oxygen atoms in total. The number of hydrogen-bond donors (Lipinski definition) is 2. The molecule has 1 aromatic carbocycles. The molecule has 0 aromatic heterocycles. The van der Waals surface area contributed by atoms with Crippen molar-refractivity contribution in [1.82, 2.24) is 0 Å². The predicted molar refractivity (Wildman–Crippen MR) is 53.8 cm³/mol. The van der Waals surface area contributed by atoms with Crippen LogP contribution < -0.4 is 0 Å². The number of carboxylic acids is 1. The van der Waals surface area contributed by atoms with Gasteiger partial charge in [-0.15, -0.1) is 0 Å². The quantitative estimate of drug-likeness (QED) is 0.823. The Morgan fingerprint density at radius 2 is 1.52 bits per heavy atom. The van der Waals surface area contributed by atoms with Gasteiger partial charge < -0.3 is 10.2 Å². The van der Waals surface area contributed by atoms with Crippen molar-refractivity contribution >= 4 is 5.97 Å². The van der Waals surface area contributed by atoms with Gasteiger partial charge in [0.15, 0.2) is 6.10 Å². The van der Waals surface area contributed by atoms with Crippen LogP contribution in [0, 0.1) is 11.3 Å². The zero-order chi connectivity index (χ0) is 16.6. The molecule has 0 amide bonds. The lowest BCUT2D eigenvalue weighted by atomic mass is 9.92. The normalized spacial score (nSPS) is 13.6. The second-order valence-electron chi connectivity index (χ2n) is 3.80. The van der Waals surface area contributed by atoms with Crippen LogP contribution in [0.4, 0.5) is 26.3 Å². The van der Waals surface area contributed by atoms with E-state index < -0.39 is 46.7 Å². The average molecular weight is 313 g/mol. The predicted octanol–water partition coefficient (Wildman–Crippen LogP) is 2.71. The molecule has 0 spiro atoms. The van der Waals surface area contributed by atoms with E-state index in [9.17, 15) is 36.2 Å². The van der Waals surface area contributed by atoms with Crippen LogP contribution in [0.1, 0.15) is 28.4 Å². The van der Waals surface area contributed by atoms with Crippen molar-refractivity contribution in [2.24, 2.45) is 0 Å². The fraction of sp³-hybridized carbons (Fsp3) is 0.273. The lowest BCUT2D eigenvalue weighted by Crippen LogP contribution is -2.22. The molecule has 1 unspecified atom stereocenters. The van der Waals surface area contributed by atoms with Gasteiger partial charge in [0.2, 0.25) is 0 Å². The van der Waals surface area contributed by atoms with Gasteiger partial charge in [0.05, 0.1) is 16.7 Å². The van der Waals surface area contributed by atoms with Gasteiger partial charge in [-0.1, -0.05) is 0 Å². The van der Waals surface area contributed by atoms with Gasteiger partial charge in [0.1, 0.15) is 6.07 Å². The summed E-state index contributed by atoms with van der Waals surface area (Å²) >= 11 is 0. The summed E-state index contributed by atoms with van der Waals surface area (Å²) in [6, 6.07) is 0.866. The molecule has 0 fully saturated rings. The van der Waals surface area contributed by atoms with Gasteiger partial charge in [-0.05, 0) is 12.1 Å². The lowest BCUT2D eigenvalue weighted by molar-refractivity contribution is -0.150. The van der Waals surface area contributed by atoms with Crippen molar-refractivity contribution in [3.8, 4) is 6.07 Å². The van der Waals surface area contributed by atoms with Crippen molar-refractivity contribution in [3.05, 3.63) is 34.4 Å². The summed E-state index contributed by atoms with van der Waals surface area (Å²) in [6.07, 6.45) is -13.3. The summed E-state index contributed by atoms with van der Waals surface area (Å²) in [5.74, 6) is -2.21. The van der Waals surface area contributed by atoms with Gasteiger partial charge in [-0.2, -0.15) is 31.6 Å². The van der Waals surface area contributed by atoms with Crippen LogP contribution in [0.15, 0.2) is 12.1 Å². The molecule has 0 aliphatic rings. The van der Waals surface area contributed by atoms with Crippen molar-refractivity contribution in [3.63, 3.8) is 0 Å². The van der Waals surface area contributed by atoms with Gasteiger partial charge in [0, 0.05) is 5.56 Å². The maximum Gasteiger partial charge on any atom is 0.417 e. The second kappa shape index (κ2) is 5.25. The monoisotopic (exact) mass is 313 g/mol. The zero-order valence-electron chi connectivity index (χ0n) is 9.75. The highest BCUT2D eigenvalue weighted by atomic mass is 19.4. The first-order valence-electron chi connectivity index (χ1n) is 5.03. The number of rotatable bonds is 2. The van der Waals surface area contributed by atoms with Crippen LogP contribution in [0.2, 0.25) is 0 Å². The fourth-order valence-corrected chi connectivity index (χ4v) is 1.63. The molecule has 0 saturated heterocycles. The number of hydrogen-bond acceptors (Lipinski definition) is 3. The maximum atomic E-state index is 12.7. The number of aliphatic carboxylic acids is 1. The summed E-state index contributed by atoms with van der Waals surface area (Å²) in [6.45, 7) is 0. The zero-order valence-corrected chi connectivity index (χ0v) is 9.75. The Labute approximate surface area is 112 Å². The minimum absolute atomic E-state index is 0.0133. The molecule has 10 heteroatoms. The van der Waals surface area contributed by atoms with E-state index in [1.54, 1.807) is 0 Å². The Bertz CT molecular complexity index is 614. The first-order chi connectivity index (χ1) is 9.41. The number of aliphatic hydroxyl groups excluding tert-OH is 1. The van der Waals surface area contributed by atoms with Crippen molar-refractivity contribution < 1.29 is 41.4 Å². The number of carboxylic acid groups (broad SMARTS) is 1. The van der Waals surface area contributed by atoms with Crippen molar-refractivity contribution in [2.75, 3.05) is 0 Å². The standard InChI is InChI=1S/C11H5F6NO3/c12-10(13,14)5-1-2-6(11(15,16)17)7(4(5)3-18)8(19)9(20)21/h1-2,8,19H,(H,20,21). The number of nitrogens with zero attached hydrogens (tertiary/aromatic N) is 1. The van der Waals surface area contributed by atoms with Crippen LogP contribution in [-0.2, 0) is 17.1 Å². The number of nitriles is 1. The molecule has 0 saturated carbocycles. The summed E-state index contributed by atoms with van der Waals surface area (Å²) in [5, 5.41) is 26.4. The topological polar surface area (TPSA) is 81.3 Å². The van der Waals surface area contributed by atoms with E-state index in [1.165, 1.54) is 0 Å². The molecule has 0 aliphatic carbocycles. The first kappa shape index (κ1) is 16.8. The van der Waals surface area contributed by atoms with Gasteiger partial charge in [0.25, 0.3) is 0 Å². The number of carbonyl (C=O) groups is 1. The third-order valence-electron chi connectivity index (χ3n) is 2.48. The number of aliphatic hydroxyl groups is 1. The molecular weight excluding hydrogens is 308 g/mol. The van der Waals surface area contributed by atoms with Crippen LogP contribution in [0.5, 0.6) is 0 Å². The molecule has 1 rings (SSSR count). The SMILES string of the molecule is N#Cc1c(C(F)(F)F)ccc(C(F)(F)F)c1C(O)C(=O)O. The Balaban J connectivity index is 3.83. The first-order valence-corrected chi connectivity index (χ1v) is 5.03.